The van der Waals surface area contributed by atoms with Crippen LogP contribution in [0.15, 0.2) is 18.2 Å². The molecule has 19 heavy (non-hydrogen) atoms. The molecule has 1 aromatic carbocycles. The number of hydrogen-bond donors (Lipinski definition) is 0. The van der Waals surface area contributed by atoms with E-state index in [-0.39, 0.29) is 5.92 Å². The van der Waals surface area contributed by atoms with Crippen LogP contribution in [0.5, 0.6) is 5.75 Å². The molecule has 0 saturated carbocycles. The molecule has 4 nitrogen and oxygen atoms in total. The highest BCUT2D eigenvalue weighted by molar-refractivity contribution is 5.54. The average molecular weight is 258 g/mol. The number of nitrogens with zero attached hydrogens (tertiary/aromatic N) is 2. The molecule has 1 aliphatic heterocycles. The lowest BCUT2D eigenvalue weighted by molar-refractivity contribution is -0.112. The van der Waals surface area contributed by atoms with Gasteiger partial charge in [0.25, 0.3) is 0 Å². The lowest BCUT2D eigenvalue weighted by Gasteiger charge is -2.30. The van der Waals surface area contributed by atoms with Gasteiger partial charge in [-0.2, -0.15) is 5.26 Å². The smallest absolute Gasteiger partial charge is 0.136 e. The summed E-state index contributed by atoms with van der Waals surface area (Å²) in [7, 11) is 1.57. The molecule has 1 saturated heterocycles. The lowest BCUT2D eigenvalue weighted by Crippen LogP contribution is -2.35. The number of hydrogen-bond acceptors (Lipinski definition) is 4. The fourth-order valence-electron chi connectivity index (χ4n) is 2.53. The van der Waals surface area contributed by atoms with E-state index in [1.54, 1.807) is 13.2 Å². The fraction of sp³-hybridized carbons (Fsp3) is 0.467. The molecule has 0 bridgehead atoms. The third-order valence-electron chi connectivity index (χ3n) is 3.53. The van der Waals surface area contributed by atoms with Crippen LogP contribution in [0.2, 0.25) is 0 Å². The molecule has 0 aliphatic carbocycles. The molecule has 1 aliphatic rings. The van der Waals surface area contributed by atoms with Crippen molar-refractivity contribution in [3.05, 3.63) is 29.3 Å². The van der Waals surface area contributed by atoms with Gasteiger partial charge in [0.05, 0.1) is 12.7 Å². The fourth-order valence-corrected chi connectivity index (χ4v) is 2.53. The van der Waals surface area contributed by atoms with Crippen molar-refractivity contribution in [3.63, 3.8) is 0 Å². The number of carbonyl (C=O) groups is 1. The molecule has 0 amide bonds. The minimum Gasteiger partial charge on any atom is -0.495 e. The van der Waals surface area contributed by atoms with Gasteiger partial charge in [0.1, 0.15) is 18.1 Å². The van der Waals surface area contributed by atoms with Crippen LogP contribution in [0.1, 0.15) is 24.0 Å². The van der Waals surface area contributed by atoms with Crippen LogP contribution in [-0.4, -0.2) is 31.4 Å². The van der Waals surface area contributed by atoms with Crippen molar-refractivity contribution in [1.82, 2.24) is 4.90 Å². The number of aldehydes is 1. The Morgan fingerprint density at radius 3 is 3.11 bits per heavy atom. The van der Waals surface area contributed by atoms with Crippen LogP contribution in [-0.2, 0) is 11.3 Å². The second kappa shape index (κ2) is 6.35. The van der Waals surface area contributed by atoms with E-state index < -0.39 is 0 Å². The number of piperidine rings is 1. The second-order valence-corrected chi connectivity index (χ2v) is 4.92. The van der Waals surface area contributed by atoms with Crippen LogP contribution < -0.4 is 4.74 Å². The standard InChI is InChI=1S/C15H18N2O2/c1-19-15-7-12(4-5-14(15)8-16)9-17-6-2-3-13(10-17)11-18/h4-5,7,11,13H,2-3,6,9-10H2,1H3. The summed E-state index contributed by atoms with van der Waals surface area (Å²) in [5, 5.41) is 8.95. The summed E-state index contributed by atoms with van der Waals surface area (Å²) in [6.07, 6.45) is 3.12. The van der Waals surface area contributed by atoms with Gasteiger partial charge in [0.15, 0.2) is 0 Å². The highest BCUT2D eigenvalue weighted by atomic mass is 16.5. The van der Waals surface area contributed by atoms with Crippen molar-refractivity contribution < 1.29 is 9.53 Å². The summed E-state index contributed by atoms with van der Waals surface area (Å²) in [5.74, 6) is 0.776. The Morgan fingerprint density at radius 2 is 2.42 bits per heavy atom. The van der Waals surface area contributed by atoms with Crippen molar-refractivity contribution >= 4 is 6.29 Å². The van der Waals surface area contributed by atoms with Gasteiger partial charge >= 0.3 is 0 Å². The number of likely N-dealkylation sites (tertiary alicyclic amines) is 1. The van der Waals surface area contributed by atoms with Crippen molar-refractivity contribution in [2.75, 3.05) is 20.2 Å². The number of ether oxygens (including phenoxy) is 1. The van der Waals surface area contributed by atoms with E-state index in [1.165, 1.54) is 0 Å². The molecule has 0 N–H and O–H groups in total. The molecule has 0 radical (unpaired) electrons. The zero-order chi connectivity index (χ0) is 13.7. The Labute approximate surface area is 113 Å². The normalized spacial score (nSPS) is 19.7. The molecule has 100 valence electrons. The first-order chi connectivity index (χ1) is 9.26. The first kappa shape index (κ1) is 13.6. The van der Waals surface area contributed by atoms with Crippen LogP contribution in [0.25, 0.3) is 0 Å². The zero-order valence-electron chi connectivity index (χ0n) is 11.1. The molecule has 1 aromatic rings. The van der Waals surface area contributed by atoms with Crippen molar-refractivity contribution in [1.29, 1.82) is 5.26 Å². The van der Waals surface area contributed by atoms with Gasteiger partial charge in [-0.3, -0.25) is 4.90 Å². The van der Waals surface area contributed by atoms with Crippen LogP contribution in [0.3, 0.4) is 0 Å². The number of benzene rings is 1. The minimum atomic E-state index is 0.161. The van der Waals surface area contributed by atoms with Gasteiger partial charge in [0, 0.05) is 19.0 Å². The number of nitriles is 1. The van der Waals surface area contributed by atoms with Gasteiger partial charge in [-0.05, 0) is 37.1 Å². The maximum atomic E-state index is 10.9. The molecule has 1 fully saturated rings. The molecule has 1 atom stereocenters. The van der Waals surface area contributed by atoms with Crippen molar-refractivity contribution in [3.8, 4) is 11.8 Å². The zero-order valence-corrected chi connectivity index (χ0v) is 11.1. The average Bonchev–Trinajstić information content (AvgIpc) is 2.47. The molecule has 0 spiro atoms. The number of carbonyl (C=O) groups excluding carboxylic acids is 1. The Kier molecular flexibility index (Phi) is 4.53. The Hall–Kier alpha value is -1.86. The Balaban J connectivity index is 2.07. The lowest BCUT2D eigenvalue weighted by atomic mass is 9.99. The van der Waals surface area contributed by atoms with Crippen molar-refractivity contribution in [2.45, 2.75) is 19.4 Å². The Bertz CT molecular complexity index is 493. The maximum Gasteiger partial charge on any atom is 0.136 e. The largest absolute Gasteiger partial charge is 0.495 e. The highest BCUT2D eigenvalue weighted by Crippen LogP contribution is 2.22. The quantitative estimate of drug-likeness (QED) is 0.775. The molecule has 4 heteroatoms. The first-order valence-corrected chi connectivity index (χ1v) is 6.51. The van der Waals surface area contributed by atoms with Crippen LogP contribution in [0.4, 0.5) is 0 Å². The first-order valence-electron chi connectivity index (χ1n) is 6.51. The molecule has 1 heterocycles. The van der Waals surface area contributed by atoms with Gasteiger partial charge in [0.2, 0.25) is 0 Å². The predicted molar refractivity (Wildman–Crippen MR) is 71.8 cm³/mol. The van der Waals surface area contributed by atoms with Gasteiger partial charge in [-0.25, -0.2) is 0 Å². The van der Waals surface area contributed by atoms with Crippen LogP contribution >= 0.6 is 0 Å². The van der Waals surface area contributed by atoms with E-state index in [1.807, 2.05) is 12.1 Å². The summed E-state index contributed by atoms with van der Waals surface area (Å²) in [6.45, 7) is 2.64. The third-order valence-corrected chi connectivity index (χ3v) is 3.53. The monoisotopic (exact) mass is 258 g/mol. The summed E-state index contributed by atoms with van der Waals surface area (Å²) in [5.41, 5.74) is 1.66. The topological polar surface area (TPSA) is 53.3 Å². The Morgan fingerprint density at radius 1 is 1.58 bits per heavy atom. The summed E-state index contributed by atoms with van der Waals surface area (Å²) in [6, 6.07) is 7.75. The van der Waals surface area contributed by atoms with E-state index in [4.69, 9.17) is 10.00 Å². The van der Waals surface area contributed by atoms with Gasteiger partial charge in [-0.15, -0.1) is 0 Å². The molecule has 2 rings (SSSR count). The highest BCUT2D eigenvalue weighted by Gasteiger charge is 2.19. The SMILES string of the molecule is COc1cc(CN2CCCC(C=O)C2)ccc1C#N. The second-order valence-electron chi connectivity index (χ2n) is 4.92. The number of methoxy groups -OCH3 is 1. The summed E-state index contributed by atoms with van der Waals surface area (Å²) < 4.78 is 5.21. The van der Waals surface area contributed by atoms with E-state index >= 15 is 0 Å². The van der Waals surface area contributed by atoms with E-state index in [0.29, 0.717) is 11.3 Å². The van der Waals surface area contributed by atoms with E-state index in [0.717, 1.165) is 44.3 Å². The van der Waals surface area contributed by atoms with E-state index in [9.17, 15) is 4.79 Å². The molecule has 1 unspecified atom stereocenters. The third kappa shape index (κ3) is 3.33. The van der Waals surface area contributed by atoms with Crippen molar-refractivity contribution in [2.24, 2.45) is 5.92 Å². The van der Waals surface area contributed by atoms with E-state index in [2.05, 4.69) is 11.0 Å². The van der Waals surface area contributed by atoms with Gasteiger partial charge in [-0.1, -0.05) is 6.07 Å². The summed E-state index contributed by atoms with van der Waals surface area (Å²) in [4.78, 5) is 13.1. The molecular weight excluding hydrogens is 240 g/mol. The minimum absolute atomic E-state index is 0.161. The van der Waals surface area contributed by atoms with Crippen LogP contribution in [0, 0.1) is 17.2 Å². The number of rotatable bonds is 4. The summed E-state index contributed by atoms with van der Waals surface area (Å²) >= 11 is 0. The molecule has 0 aromatic heterocycles. The predicted octanol–water partition coefficient (Wildman–Crippen LogP) is 1.98. The van der Waals surface area contributed by atoms with Gasteiger partial charge < -0.3 is 9.53 Å². The maximum absolute atomic E-state index is 10.9. The molecular formula is C15H18N2O2.